The summed E-state index contributed by atoms with van der Waals surface area (Å²) in [7, 11) is 0. The Morgan fingerprint density at radius 2 is 1.95 bits per heavy atom. The van der Waals surface area contributed by atoms with Crippen LogP contribution in [-0.2, 0) is 6.54 Å². The number of hydrogen-bond acceptors (Lipinski definition) is 3. The first-order valence-electron chi connectivity index (χ1n) is 8.22. The molecule has 0 aromatic carbocycles. The zero-order chi connectivity index (χ0) is 15.5. The van der Waals surface area contributed by atoms with Gasteiger partial charge in [-0.3, -0.25) is 9.58 Å². The van der Waals surface area contributed by atoms with Gasteiger partial charge in [0.1, 0.15) is 0 Å². The maximum absolute atomic E-state index is 6.46. The molecule has 0 aliphatic carbocycles. The van der Waals surface area contributed by atoms with Crippen molar-refractivity contribution in [3.8, 4) is 0 Å². The number of nitrogens with zero attached hydrogens (tertiary/aromatic N) is 3. The number of likely N-dealkylation sites (tertiary alicyclic amines) is 1. The van der Waals surface area contributed by atoms with E-state index in [9.17, 15) is 0 Å². The predicted octanol–water partition coefficient (Wildman–Crippen LogP) is 3.47. The van der Waals surface area contributed by atoms with E-state index >= 15 is 0 Å². The van der Waals surface area contributed by atoms with Crippen LogP contribution in [0.3, 0.4) is 0 Å². The van der Waals surface area contributed by atoms with E-state index in [-0.39, 0.29) is 11.6 Å². The van der Waals surface area contributed by atoms with Gasteiger partial charge in [-0.05, 0) is 53.2 Å². The summed E-state index contributed by atoms with van der Waals surface area (Å²) in [6.07, 6.45) is 5.72. The molecule has 1 aliphatic rings. The summed E-state index contributed by atoms with van der Waals surface area (Å²) in [6.45, 7) is 13.0. The van der Waals surface area contributed by atoms with Crippen molar-refractivity contribution < 1.29 is 0 Å². The van der Waals surface area contributed by atoms with Crippen LogP contribution < -0.4 is 5.32 Å². The van der Waals surface area contributed by atoms with Gasteiger partial charge in [-0.15, -0.1) is 0 Å². The normalized spacial score (nSPS) is 18.9. The minimum Gasteiger partial charge on any atom is -0.307 e. The maximum atomic E-state index is 6.46. The van der Waals surface area contributed by atoms with Crippen molar-refractivity contribution in [2.24, 2.45) is 0 Å². The van der Waals surface area contributed by atoms with E-state index in [0.717, 1.165) is 23.8 Å². The Bertz CT molecular complexity index is 449. The number of nitrogens with one attached hydrogen (secondary N) is 1. The van der Waals surface area contributed by atoms with Crippen LogP contribution in [0.25, 0.3) is 0 Å². The van der Waals surface area contributed by atoms with Gasteiger partial charge in [-0.25, -0.2) is 0 Å². The first-order valence-corrected chi connectivity index (χ1v) is 8.59. The Kier molecular flexibility index (Phi) is 5.69. The molecule has 21 heavy (non-hydrogen) atoms. The monoisotopic (exact) mass is 312 g/mol. The highest BCUT2D eigenvalue weighted by atomic mass is 35.5. The van der Waals surface area contributed by atoms with E-state index in [1.54, 1.807) is 6.20 Å². The molecule has 1 fully saturated rings. The fraction of sp³-hybridized carbons (Fsp3) is 0.812. The van der Waals surface area contributed by atoms with E-state index in [0.29, 0.717) is 0 Å². The molecule has 0 amide bonds. The summed E-state index contributed by atoms with van der Waals surface area (Å²) < 4.78 is 2.03. The molecule has 4 nitrogen and oxygen atoms in total. The predicted molar refractivity (Wildman–Crippen MR) is 88.8 cm³/mol. The zero-order valence-electron chi connectivity index (χ0n) is 13.8. The molecule has 120 valence electrons. The van der Waals surface area contributed by atoms with Crippen molar-refractivity contribution in [1.29, 1.82) is 0 Å². The number of halogens is 1. The first kappa shape index (κ1) is 16.8. The van der Waals surface area contributed by atoms with Crippen LogP contribution >= 0.6 is 11.6 Å². The van der Waals surface area contributed by atoms with Gasteiger partial charge in [-0.1, -0.05) is 24.9 Å². The van der Waals surface area contributed by atoms with Crippen LogP contribution in [0.15, 0.2) is 6.20 Å². The molecule has 1 aromatic heterocycles. The lowest BCUT2D eigenvalue weighted by atomic mass is 9.87. The highest BCUT2D eigenvalue weighted by molar-refractivity contribution is 6.31. The van der Waals surface area contributed by atoms with Crippen molar-refractivity contribution in [3.05, 3.63) is 16.9 Å². The molecular weight excluding hydrogens is 284 g/mol. The van der Waals surface area contributed by atoms with Gasteiger partial charge in [0, 0.05) is 12.1 Å². The average molecular weight is 313 g/mol. The molecule has 2 heterocycles. The Balaban J connectivity index is 2.34. The topological polar surface area (TPSA) is 33.1 Å². The van der Waals surface area contributed by atoms with Crippen LogP contribution in [0.4, 0.5) is 0 Å². The standard InChI is InChI=1S/C16H29ClN4/c1-5-18-15(14-13(17)12-19-21(14)6-2)16(3,4)20-10-8-7-9-11-20/h12,15,18H,5-11H2,1-4H3. The number of likely N-dealkylation sites (N-methyl/N-ethyl adjacent to an activating group) is 1. The minimum atomic E-state index is 0.0209. The number of rotatable bonds is 6. The minimum absolute atomic E-state index is 0.0209. The van der Waals surface area contributed by atoms with Gasteiger partial charge in [0.2, 0.25) is 0 Å². The van der Waals surface area contributed by atoms with Gasteiger partial charge >= 0.3 is 0 Å². The lowest BCUT2D eigenvalue weighted by molar-refractivity contribution is 0.0585. The second-order valence-corrected chi connectivity index (χ2v) is 6.79. The van der Waals surface area contributed by atoms with Crippen LogP contribution in [0.2, 0.25) is 5.02 Å². The average Bonchev–Trinajstić information content (AvgIpc) is 2.86. The fourth-order valence-electron chi connectivity index (χ4n) is 3.45. The van der Waals surface area contributed by atoms with Gasteiger partial charge in [0.25, 0.3) is 0 Å². The number of hydrogen-bond donors (Lipinski definition) is 1. The molecule has 0 spiro atoms. The smallest absolute Gasteiger partial charge is 0.0834 e. The summed E-state index contributed by atoms with van der Waals surface area (Å²) >= 11 is 6.46. The maximum Gasteiger partial charge on any atom is 0.0834 e. The number of aromatic nitrogens is 2. The van der Waals surface area contributed by atoms with E-state index in [4.69, 9.17) is 11.6 Å². The third kappa shape index (κ3) is 3.43. The molecule has 1 N–H and O–H groups in total. The van der Waals surface area contributed by atoms with Crippen LogP contribution in [-0.4, -0.2) is 39.9 Å². The Morgan fingerprint density at radius 1 is 1.29 bits per heavy atom. The SMILES string of the molecule is CCNC(c1c(Cl)cnn1CC)C(C)(C)N1CCCCC1. The van der Waals surface area contributed by atoms with E-state index in [1.807, 2.05) is 4.68 Å². The molecule has 1 aliphatic heterocycles. The molecule has 1 unspecified atom stereocenters. The van der Waals surface area contributed by atoms with Gasteiger partial charge in [0.15, 0.2) is 0 Å². The molecule has 1 saturated heterocycles. The number of aryl methyl sites for hydroxylation is 1. The third-order valence-electron chi connectivity index (χ3n) is 4.69. The van der Waals surface area contributed by atoms with Gasteiger partial charge < -0.3 is 5.32 Å². The highest BCUT2D eigenvalue weighted by Gasteiger charge is 2.39. The summed E-state index contributed by atoms with van der Waals surface area (Å²) in [5.41, 5.74) is 1.14. The zero-order valence-corrected chi connectivity index (χ0v) is 14.6. The van der Waals surface area contributed by atoms with E-state index in [1.165, 1.54) is 32.4 Å². The Hall–Kier alpha value is -0.580. The van der Waals surface area contributed by atoms with Crippen LogP contribution in [0.5, 0.6) is 0 Å². The van der Waals surface area contributed by atoms with Crippen molar-refractivity contribution >= 4 is 11.6 Å². The second kappa shape index (κ2) is 7.12. The summed E-state index contributed by atoms with van der Waals surface area (Å²) in [6, 6.07) is 0.190. The van der Waals surface area contributed by atoms with Crippen molar-refractivity contribution in [2.45, 2.75) is 65.1 Å². The second-order valence-electron chi connectivity index (χ2n) is 6.39. The summed E-state index contributed by atoms with van der Waals surface area (Å²) in [5, 5.41) is 8.84. The largest absolute Gasteiger partial charge is 0.307 e. The number of piperidine rings is 1. The van der Waals surface area contributed by atoms with Gasteiger partial charge in [0.05, 0.1) is 23.0 Å². The quantitative estimate of drug-likeness (QED) is 0.873. The molecular formula is C16H29ClN4. The van der Waals surface area contributed by atoms with Crippen LogP contribution in [0.1, 0.15) is 58.7 Å². The summed E-state index contributed by atoms with van der Waals surface area (Å²) in [5.74, 6) is 0. The Labute approximate surface area is 133 Å². The molecule has 5 heteroatoms. The van der Waals surface area contributed by atoms with Crippen molar-refractivity contribution in [2.75, 3.05) is 19.6 Å². The molecule has 2 rings (SSSR count). The van der Waals surface area contributed by atoms with Crippen molar-refractivity contribution in [1.82, 2.24) is 20.0 Å². The lowest BCUT2D eigenvalue weighted by Crippen LogP contribution is -2.54. The molecule has 0 saturated carbocycles. The van der Waals surface area contributed by atoms with Crippen molar-refractivity contribution in [3.63, 3.8) is 0 Å². The third-order valence-corrected chi connectivity index (χ3v) is 4.98. The Morgan fingerprint density at radius 3 is 2.52 bits per heavy atom. The molecule has 1 atom stereocenters. The van der Waals surface area contributed by atoms with Gasteiger partial charge in [-0.2, -0.15) is 5.10 Å². The first-order chi connectivity index (χ1) is 10.0. The summed E-state index contributed by atoms with van der Waals surface area (Å²) in [4.78, 5) is 2.60. The molecule has 1 aromatic rings. The fourth-order valence-corrected chi connectivity index (χ4v) is 3.70. The van der Waals surface area contributed by atoms with Crippen LogP contribution in [0, 0.1) is 0 Å². The van der Waals surface area contributed by atoms with E-state index < -0.39 is 0 Å². The molecule has 0 radical (unpaired) electrons. The lowest BCUT2D eigenvalue weighted by Gasteiger charge is -2.46. The van der Waals surface area contributed by atoms with E-state index in [2.05, 4.69) is 43.0 Å². The highest BCUT2D eigenvalue weighted by Crippen LogP contribution is 2.36. The molecule has 0 bridgehead atoms.